The van der Waals surface area contributed by atoms with Crippen molar-refractivity contribution in [3.63, 3.8) is 0 Å². The third-order valence-electron chi connectivity index (χ3n) is 2.55. The molecular formula is C12H15F2NO2. The Bertz CT molecular complexity index is 399. The monoisotopic (exact) mass is 243 g/mol. The van der Waals surface area contributed by atoms with Crippen LogP contribution in [0.1, 0.15) is 13.8 Å². The number of hydrogen-bond acceptors (Lipinski definition) is 3. The van der Waals surface area contributed by atoms with Gasteiger partial charge in [-0.05, 0) is 26.0 Å². The van der Waals surface area contributed by atoms with Crippen LogP contribution >= 0.6 is 0 Å². The van der Waals surface area contributed by atoms with Gasteiger partial charge in [0.15, 0.2) is 17.4 Å². The summed E-state index contributed by atoms with van der Waals surface area (Å²) in [5.74, 6) is -2.30. The second-order valence-electron chi connectivity index (χ2n) is 4.49. The molecule has 0 bridgehead atoms. The van der Waals surface area contributed by atoms with E-state index in [0.717, 1.165) is 12.1 Å². The Hall–Kier alpha value is -1.20. The number of ether oxygens (including phenoxy) is 2. The molecule has 17 heavy (non-hydrogen) atoms. The van der Waals surface area contributed by atoms with E-state index in [2.05, 4.69) is 5.32 Å². The highest BCUT2D eigenvalue weighted by Gasteiger charge is 2.28. The first-order chi connectivity index (χ1) is 7.96. The lowest BCUT2D eigenvalue weighted by molar-refractivity contribution is -0.247. The molecule has 0 unspecified atom stereocenters. The summed E-state index contributed by atoms with van der Waals surface area (Å²) in [7, 11) is 0. The smallest absolute Gasteiger partial charge is 0.162 e. The zero-order chi connectivity index (χ0) is 12.5. The highest BCUT2D eigenvalue weighted by Crippen LogP contribution is 2.20. The zero-order valence-corrected chi connectivity index (χ0v) is 9.80. The Morgan fingerprint density at radius 3 is 2.41 bits per heavy atom. The SMILES string of the molecule is CC1(C)OCC(Nc2ccc(F)c(F)c2)CO1. The van der Waals surface area contributed by atoms with Gasteiger partial charge in [-0.15, -0.1) is 0 Å². The molecule has 0 saturated carbocycles. The molecule has 1 fully saturated rings. The lowest BCUT2D eigenvalue weighted by atomic mass is 10.2. The number of halogens is 2. The molecule has 1 saturated heterocycles. The minimum atomic E-state index is -0.868. The minimum Gasteiger partial charge on any atom is -0.378 e. The molecule has 1 aliphatic rings. The van der Waals surface area contributed by atoms with E-state index >= 15 is 0 Å². The Balaban J connectivity index is 1.95. The molecular weight excluding hydrogens is 228 g/mol. The van der Waals surface area contributed by atoms with Crippen molar-refractivity contribution in [2.45, 2.75) is 25.7 Å². The number of anilines is 1. The van der Waals surface area contributed by atoms with Crippen LogP contribution in [0.3, 0.4) is 0 Å². The topological polar surface area (TPSA) is 30.5 Å². The third-order valence-corrected chi connectivity index (χ3v) is 2.55. The third kappa shape index (κ3) is 3.14. The van der Waals surface area contributed by atoms with Crippen LogP contribution in [0.2, 0.25) is 0 Å². The van der Waals surface area contributed by atoms with Gasteiger partial charge in [0.2, 0.25) is 0 Å². The first-order valence-electron chi connectivity index (χ1n) is 5.46. The molecule has 0 spiro atoms. The van der Waals surface area contributed by atoms with E-state index in [0.29, 0.717) is 18.9 Å². The average molecular weight is 243 g/mol. The van der Waals surface area contributed by atoms with Crippen molar-refractivity contribution < 1.29 is 18.3 Å². The maximum atomic E-state index is 13.0. The van der Waals surface area contributed by atoms with E-state index in [1.54, 1.807) is 0 Å². The fraction of sp³-hybridized carbons (Fsp3) is 0.500. The molecule has 0 atom stereocenters. The van der Waals surface area contributed by atoms with Gasteiger partial charge < -0.3 is 14.8 Å². The summed E-state index contributed by atoms with van der Waals surface area (Å²) >= 11 is 0. The summed E-state index contributed by atoms with van der Waals surface area (Å²) in [4.78, 5) is 0. The lowest BCUT2D eigenvalue weighted by Crippen LogP contribution is -2.45. The van der Waals surface area contributed by atoms with Gasteiger partial charge in [0.1, 0.15) is 0 Å². The quantitative estimate of drug-likeness (QED) is 0.865. The Labute approximate surface area is 98.7 Å². The molecule has 94 valence electrons. The van der Waals surface area contributed by atoms with Gasteiger partial charge in [-0.1, -0.05) is 0 Å². The minimum absolute atomic E-state index is 0.0621. The van der Waals surface area contributed by atoms with Crippen LogP contribution in [0, 0.1) is 11.6 Å². The Kier molecular flexibility index (Phi) is 3.31. The van der Waals surface area contributed by atoms with Gasteiger partial charge in [-0.2, -0.15) is 0 Å². The van der Waals surface area contributed by atoms with Crippen LogP contribution in [-0.2, 0) is 9.47 Å². The second-order valence-corrected chi connectivity index (χ2v) is 4.49. The highest BCUT2D eigenvalue weighted by atomic mass is 19.2. The van der Waals surface area contributed by atoms with E-state index in [-0.39, 0.29) is 6.04 Å². The fourth-order valence-electron chi connectivity index (χ4n) is 1.60. The molecule has 1 aromatic rings. The summed E-state index contributed by atoms with van der Waals surface area (Å²) in [6.07, 6.45) is 0. The number of rotatable bonds is 2. The average Bonchev–Trinajstić information content (AvgIpc) is 2.27. The van der Waals surface area contributed by atoms with Crippen LogP contribution in [0.25, 0.3) is 0 Å². The molecule has 3 nitrogen and oxygen atoms in total. The van der Waals surface area contributed by atoms with Crippen molar-refractivity contribution >= 4 is 5.69 Å². The maximum absolute atomic E-state index is 13.0. The van der Waals surface area contributed by atoms with Crippen LogP contribution in [-0.4, -0.2) is 25.0 Å². The van der Waals surface area contributed by atoms with Crippen molar-refractivity contribution in [3.8, 4) is 0 Å². The molecule has 1 aromatic carbocycles. The van der Waals surface area contributed by atoms with Crippen molar-refractivity contribution in [2.75, 3.05) is 18.5 Å². The van der Waals surface area contributed by atoms with Gasteiger partial charge in [0.05, 0.1) is 19.3 Å². The largest absolute Gasteiger partial charge is 0.378 e. The highest BCUT2D eigenvalue weighted by molar-refractivity contribution is 5.44. The number of nitrogens with one attached hydrogen (secondary N) is 1. The lowest BCUT2D eigenvalue weighted by Gasteiger charge is -2.35. The van der Waals surface area contributed by atoms with E-state index in [9.17, 15) is 8.78 Å². The van der Waals surface area contributed by atoms with E-state index in [4.69, 9.17) is 9.47 Å². The van der Waals surface area contributed by atoms with Crippen molar-refractivity contribution in [3.05, 3.63) is 29.8 Å². The maximum Gasteiger partial charge on any atom is 0.162 e. The van der Waals surface area contributed by atoms with Crippen LogP contribution in [0.4, 0.5) is 14.5 Å². The van der Waals surface area contributed by atoms with Crippen LogP contribution in [0.15, 0.2) is 18.2 Å². The number of benzene rings is 1. The fourth-order valence-corrected chi connectivity index (χ4v) is 1.60. The van der Waals surface area contributed by atoms with Crippen molar-refractivity contribution in [2.24, 2.45) is 0 Å². The van der Waals surface area contributed by atoms with Gasteiger partial charge in [0.25, 0.3) is 0 Å². The Morgan fingerprint density at radius 2 is 1.82 bits per heavy atom. The van der Waals surface area contributed by atoms with Gasteiger partial charge >= 0.3 is 0 Å². The molecule has 1 heterocycles. The molecule has 0 radical (unpaired) electrons. The summed E-state index contributed by atoms with van der Waals surface area (Å²) in [6.45, 7) is 4.60. The normalized spacial score (nSPS) is 20.2. The molecule has 0 amide bonds. The van der Waals surface area contributed by atoms with Gasteiger partial charge in [0, 0.05) is 11.8 Å². The first-order valence-corrected chi connectivity index (χ1v) is 5.46. The van der Waals surface area contributed by atoms with Crippen LogP contribution in [0.5, 0.6) is 0 Å². The number of hydrogen-bond donors (Lipinski definition) is 1. The summed E-state index contributed by atoms with van der Waals surface area (Å²) in [5.41, 5.74) is 0.515. The summed E-state index contributed by atoms with van der Waals surface area (Å²) in [6, 6.07) is 3.63. The summed E-state index contributed by atoms with van der Waals surface area (Å²) in [5, 5.41) is 3.03. The molecule has 0 aliphatic carbocycles. The van der Waals surface area contributed by atoms with Gasteiger partial charge in [-0.25, -0.2) is 8.78 Å². The first kappa shape index (κ1) is 12.3. The molecule has 0 aromatic heterocycles. The predicted octanol–water partition coefficient (Wildman–Crippen LogP) is 2.53. The zero-order valence-electron chi connectivity index (χ0n) is 9.80. The van der Waals surface area contributed by atoms with E-state index in [1.165, 1.54) is 6.07 Å². The molecule has 1 N–H and O–H groups in total. The summed E-state index contributed by atoms with van der Waals surface area (Å²) < 4.78 is 36.6. The molecule has 2 rings (SSSR count). The van der Waals surface area contributed by atoms with Gasteiger partial charge in [-0.3, -0.25) is 0 Å². The standard InChI is InChI=1S/C12H15F2NO2/c1-12(2)16-6-9(7-17-12)15-8-3-4-10(13)11(14)5-8/h3-5,9,15H,6-7H2,1-2H3. The van der Waals surface area contributed by atoms with E-state index in [1.807, 2.05) is 13.8 Å². The molecule has 1 aliphatic heterocycles. The van der Waals surface area contributed by atoms with E-state index < -0.39 is 17.4 Å². The Morgan fingerprint density at radius 1 is 1.18 bits per heavy atom. The van der Waals surface area contributed by atoms with Crippen molar-refractivity contribution in [1.82, 2.24) is 0 Å². The second kappa shape index (κ2) is 4.58. The van der Waals surface area contributed by atoms with Crippen LogP contribution < -0.4 is 5.32 Å². The predicted molar refractivity (Wildman–Crippen MR) is 59.8 cm³/mol. The molecule has 5 heteroatoms. The van der Waals surface area contributed by atoms with Crippen molar-refractivity contribution in [1.29, 1.82) is 0 Å².